The summed E-state index contributed by atoms with van der Waals surface area (Å²) in [7, 11) is 0. The highest BCUT2D eigenvalue weighted by molar-refractivity contribution is 5.89. The van der Waals surface area contributed by atoms with Gasteiger partial charge in [-0.1, -0.05) is 148 Å². The zero-order valence-corrected chi connectivity index (χ0v) is 33.1. The van der Waals surface area contributed by atoms with Crippen molar-refractivity contribution in [2.75, 3.05) is 9.80 Å². The summed E-state index contributed by atoms with van der Waals surface area (Å²) >= 11 is 0. The molecule has 6 rings (SSSR count). The van der Waals surface area contributed by atoms with Crippen molar-refractivity contribution in [1.82, 2.24) is 0 Å². The van der Waals surface area contributed by atoms with Crippen LogP contribution in [0.1, 0.15) is 47.5 Å². The second-order valence-corrected chi connectivity index (χ2v) is 14.5. The van der Waals surface area contributed by atoms with Crippen LogP contribution in [0.15, 0.2) is 218 Å². The zero-order valence-electron chi connectivity index (χ0n) is 33.1. The maximum Gasteiger partial charge on any atom is 0.0533 e. The fraction of sp³-hybridized carbons (Fsp3) is 0.170. The normalized spacial score (nSPS) is 15.9. The number of rotatable bonds is 14. The van der Waals surface area contributed by atoms with Crippen LogP contribution in [0.25, 0.3) is 21.9 Å². The lowest BCUT2D eigenvalue weighted by atomic mass is 9.71. The summed E-state index contributed by atoms with van der Waals surface area (Å²) in [6.45, 7) is 19.2. The standard InChI is InChI=1S/C53H54N2/c1-8-12-23-51(40(5)6)52(18-9-2)55(49-36-29-45(30-37-49)53(7,11-4)38-10-3)48-33-26-43(27-34-48)42-24-31-47(32-25-42)54(46-21-14-13-15-22-46)50-35-28-41-19-16-17-20-44(41)39-50/h8-10,12-29,31-39,45H,1,5,11,30H2,2-4,6-7H3/b18-9?,23-12-,38-10?,52-51+. The van der Waals surface area contributed by atoms with E-state index < -0.39 is 0 Å². The maximum absolute atomic E-state index is 4.38. The Kier molecular flexibility index (Phi) is 12.5. The molecule has 2 unspecified atom stereocenters. The van der Waals surface area contributed by atoms with E-state index in [4.69, 9.17) is 0 Å². The molecule has 2 atom stereocenters. The molecule has 0 aliphatic heterocycles. The minimum atomic E-state index is 0.112. The minimum Gasteiger partial charge on any atom is -0.310 e. The van der Waals surface area contributed by atoms with Crippen LogP contribution in [0.5, 0.6) is 0 Å². The van der Waals surface area contributed by atoms with E-state index in [-0.39, 0.29) is 5.41 Å². The molecule has 0 bridgehead atoms. The van der Waals surface area contributed by atoms with E-state index in [1.165, 1.54) is 10.8 Å². The highest BCUT2D eigenvalue weighted by atomic mass is 15.2. The summed E-state index contributed by atoms with van der Waals surface area (Å²) in [6.07, 6.45) is 24.0. The molecule has 0 saturated carbocycles. The number of hydrogen-bond donors (Lipinski definition) is 0. The Bertz CT molecular complexity index is 2290. The fourth-order valence-electron chi connectivity index (χ4n) is 7.57. The van der Waals surface area contributed by atoms with Crippen LogP contribution in [0.2, 0.25) is 0 Å². The number of nitrogens with zero attached hydrogens (tertiary/aromatic N) is 2. The average Bonchev–Trinajstić information content (AvgIpc) is 3.22. The maximum atomic E-state index is 4.38. The van der Waals surface area contributed by atoms with Crippen LogP contribution in [0, 0.1) is 11.3 Å². The van der Waals surface area contributed by atoms with Gasteiger partial charge in [0.15, 0.2) is 0 Å². The summed E-state index contributed by atoms with van der Waals surface area (Å²) in [5.41, 5.74) is 11.2. The average molecular weight is 719 g/mol. The van der Waals surface area contributed by atoms with Crippen molar-refractivity contribution in [3.05, 3.63) is 218 Å². The molecule has 5 aromatic rings. The predicted molar refractivity (Wildman–Crippen MR) is 241 cm³/mol. The predicted octanol–water partition coefficient (Wildman–Crippen LogP) is 15.4. The van der Waals surface area contributed by atoms with Gasteiger partial charge in [-0.3, -0.25) is 0 Å². The molecule has 1 aliphatic carbocycles. The molecule has 55 heavy (non-hydrogen) atoms. The van der Waals surface area contributed by atoms with E-state index in [2.05, 4.69) is 228 Å². The van der Waals surface area contributed by atoms with Gasteiger partial charge < -0.3 is 9.80 Å². The number of anilines is 4. The molecule has 2 nitrogen and oxygen atoms in total. The van der Waals surface area contributed by atoms with Crippen molar-refractivity contribution in [2.24, 2.45) is 11.3 Å². The monoisotopic (exact) mass is 718 g/mol. The zero-order chi connectivity index (χ0) is 38.8. The molecule has 276 valence electrons. The van der Waals surface area contributed by atoms with Crippen molar-refractivity contribution in [1.29, 1.82) is 0 Å². The van der Waals surface area contributed by atoms with Crippen molar-refractivity contribution in [3.63, 3.8) is 0 Å². The van der Waals surface area contributed by atoms with Crippen LogP contribution < -0.4 is 9.80 Å². The molecule has 5 aromatic carbocycles. The number of para-hydroxylation sites is 1. The fourth-order valence-corrected chi connectivity index (χ4v) is 7.57. The van der Waals surface area contributed by atoms with Gasteiger partial charge in [0.25, 0.3) is 0 Å². The second kappa shape index (κ2) is 17.8. The molecule has 0 amide bonds. The smallest absolute Gasteiger partial charge is 0.0533 e. The Balaban J connectivity index is 1.37. The molecule has 0 N–H and O–H groups in total. The van der Waals surface area contributed by atoms with Crippen molar-refractivity contribution in [3.8, 4) is 11.1 Å². The number of allylic oxidation sites excluding steroid dienone is 12. The SMILES string of the molecule is C=C/C=C\C(C(=C)C)=C(\C=CC)N(C1=CCC(C(C)(C=CC)CC)C=C1)c1ccc(-c2ccc(N(c3ccccc3)c3ccc4ccccc4c3)cc2)cc1. The van der Waals surface area contributed by atoms with Crippen LogP contribution in [-0.4, -0.2) is 0 Å². The van der Waals surface area contributed by atoms with Crippen molar-refractivity contribution >= 4 is 33.5 Å². The van der Waals surface area contributed by atoms with E-state index in [9.17, 15) is 0 Å². The highest BCUT2D eigenvalue weighted by Gasteiger charge is 2.30. The van der Waals surface area contributed by atoms with Gasteiger partial charge in [0, 0.05) is 34.0 Å². The summed E-state index contributed by atoms with van der Waals surface area (Å²) < 4.78 is 0. The molecule has 0 spiro atoms. The molecule has 0 heterocycles. The van der Waals surface area contributed by atoms with E-state index >= 15 is 0 Å². The minimum absolute atomic E-state index is 0.112. The molecular formula is C53H54N2. The first-order valence-electron chi connectivity index (χ1n) is 19.5. The van der Waals surface area contributed by atoms with Gasteiger partial charge >= 0.3 is 0 Å². The topological polar surface area (TPSA) is 6.48 Å². The molecular weight excluding hydrogens is 665 g/mol. The molecule has 0 aromatic heterocycles. The summed E-state index contributed by atoms with van der Waals surface area (Å²) in [5.74, 6) is 0.430. The first-order chi connectivity index (χ1) is 26.8. The Morgan fingerprint density at radius 3 is 1.95 bits per heavy atom. The number of hydrogen-bond acceptors (Lipinski definition) is 2. The molecule has 2 heteroatoms. The van der Waals surface area contributed by atoms with E-state index in [0.29, 0.717) is 5.92 Å². The van der Waals surface area contributed by atoms with Gasteiger partial charge in [-0.05, 0) is 133 Å². The lowest BCUT2D eigenvalue weighted by Gasteiger charge is -2.36. The van der Waals surface area contributed by atoms with Gasteiger partial charge in [-0.25, -0.2) is 0 Å². The van der Waals surface area contributed by atoms with Gasteiger partial charge in [0.2, 0.25) is 0 Å². The van der Waals surface area contributed by atoms with E-state index in [1.54, 1.807) is 0 Å². The van der Waals surface area contributed by atoms with Gasteiger partial charge in [0.1, 0.15) is 0 Å². The lowest BCUT2D eigenvalue weighted by molar-refractivity contribution is 0.295. The van der Waals surface area contributed by atoms with Gasteiger partial charge in [-0.15, -0.1) is 0 Å². The largest absolute Gasteiger partial charge is 0.310 e. The molecule has 0 fully saturated rings. The number of benzene rings is 5. The summed E-state index contributed by atoms with van der Waals surface area (Å²) in [6, 6.07) is 43.6. The third-order valence-corrected chi connectivity index (χ3v) is 10.8. The van der Waals surface area contributed by atoms with Crippen LogP contribution >= 0.6 is 0 Å². The van der Waals surface area contributed by atoms with Crippen LogP contribution in [-0.2, 0) is 0 Å². The highest BCUT2D eigenvalue weighted by Crippen LogP contribution is 2.41. The van der Waals surface area contributed by atoms with E-state index in [1.807, 2.05) is 12.2 Å². The van der Waals surface area contributed by atoms with Crippen molar-refractivity contribution < 1.29 is 0 Å². The van der Waals surface area contributed by atoms with E-state index in [0.717, 1.165) is 69.3 Å². The Hall–Kier alpha value is -6.12. The summed E-state index contributed by atoms with van der Waals surface area (Å²) in [4.78, 5) is 4.70. The first kappa shape index (κ1) is 38.6. The number of fused-ring (bicyclic) bond motifs is 1. The molecule has 1 aliphatic rings. The lowest BCUT2D eigenvalue weighted by Crippen LogP contribution is -2.27. The summed E-state index contributed by atoms with van der Waals surface area (Å²) in [5, 5.41) is 2.46. The third-order valence-electron chi connectivity index (χ3n) is 10.8. The van der Waals surface area contributed by atoms with Crippen molar-refractivity contribution in [2.45, 2.75) is 47.5 Å². The van der Waals surface area contributed by atoms with Crippen LogP contribution in [0.3, 0.4) is 0 Å². The first-order valence-corrected chi connectivity index (χ1v) is 19.5. The third kappa shape index (κ3) is 8.66. The van der Waals surface area contributed by atoms with Crippen LogP contribution in [0.4, 0.5) is 22.7 Å². The molecule has 0 saturated heterocycles. The molecule has 0 radical (unpaired) electrons. The van der Waals surface area contributed by atoms with Gasteiger partial charge in [-0.2, -0.15) is 0 Å². The Morgan fingerprint density at radius 2 is 1.36 bits per heavy atom. The quantitative estimate of drug-likeness (QED) is 0.0833. The van der Waals surface area contributed by atoms with Gasteiger partial charge in [0.05, 0.1) is 5.70 Å². The second-order valence-electron chi connectivity index (χ2n) is 14.5. The Labute approximate surface area is 329 Å². The Morgan fingerprint density at radius 1 is 0.745 bits per heavy atom.